The maximum absolute atomic E-state index is 14.2. The summed E-state index contributed by atoms with van der Waals surface area (Å²) >= 11 is 10.1. The maximum Gasteiger partial charge on any atom is 0.434 e. The second kappa shape index (κ2) is 11.3. The zero-order valence-electron chi connectivity index (χ0n) is 19.7. The lowest BCUT2D eigenvalue weighted by Gasteiger charge is -2.26. The van der Waals surface area contributed by atoms with Crippen molar-refractivity contribution < 1.29 is 27.4 Å². The van der Waals surface area contributed by atoms with Gasteiger partial charge < -0.3 is 9.47 Å². The van der Waals surface area contributed by atoms with Crippen molar-refractivity contribution in [2.24, 2.45) is 4.99 Å². The predicted molar refractivity (Wildman–Crippen MR) is 142 cm³/mol. The van der Waals surface area contributed by atoms with E-state index in [9.17, 15) is 22.8 Å². The van der Waals surface area contributed by atoms with Crippen LogP contribution in [0.25, 0.3) is 6.08 Å². The van der Waals surface area contributed by atoms with E-state index in [0.29, 0.717) is 20.8 Å². The molecule has 1 aliphatic rings. The van der Waals surface area contributed by atoms with Crippen molar-refractivity contribution >= 4 is 50.9 Å². The van der Waals surface area contributed by atoms with E-state index in [1.807, 2.05) is 0 Å². The fraction of sp³-hybridized carbons (Fsp3) is 0.192. The van der Waals surface area contributed by atoms with E-state index >= 15 is 0 Å². The number of fused-ring (bicyclic) bond motifs is 1. The second-order valence-corrected chi connectivity index (χ2v) is 10.3. The van der Waals surface area contributed by atoms with Gasteiger partial charge in [-0.15, -0.1) is 0 Å². The van der Waals surface area contributed by atoms with E-state index in [1.165, 1.54) is 37.3 Å². The Hall–Kier alpha value is -3.15. The summed E-state index contributed by atoms with van der Waals surface area (Å²) in [5.74, 6) is -0.777. The van der Waals surface area contributed by atoms with Crippen LogP contribution in [0.15, 0.2) is 80.6 Å². The van der Waals surface area contributed by atoms with Crippen molar-refractivity contribution in [3.05, 3.63) is 107 Å². The van der Waals surface area contributed by atoms with Crippen LogP contribution in [-0.4, -0.2) is 29.9 Å². The molecule has 0 unspecified atom stereocenters. The standard InChI is InChI=1S/C26H19BrClF3N2O4S/c1-3-11-37-18-10-7-16(27)12-15(18)13-19-23(34)33-21(14-5-8-17(28)9-6-14)20(24(35)36-4-2)22(26(29,30)31)32-25(33)38-19/h3,5-10,12-13,21H,1,4,11H2,2H3/b19-13-/t21-/m0/s1. The summed E-state index contributed by atoms with van der Waals surface area (Å²) in [4.78, 5) is 30.1. The summed E-state index contributed by atoms with van der Waals surface area (Å²) in [5.41, 5.74) is -2.08. The molecular weight excluding hydrogens is 609 g/mol. The van der Waals surface area contributed by atoms with Gasteiger partial charge in [-0.1, -0.05) is 63.7 Å². The van der Waals surface area contributed by atoms with Crippen LogP contribution in [0.1, 0.15) is 24.1 Å². The molecule has 0 bridgehead atoms. The van der Waals surface area contributed by atoms with E-state index in [0.717, 1.165) is 15.9 Å². The molecule has 3 aromatic rings. The first-order valence-corrected chi connectivity index (χ1v) is 13.1. The highest BCUT2D eigenvalue weighted by molar-refractivity contribution is 9.10. The molecule has 0 radical (unpaired) electrons. The van der Waals surface area contributed by atoms with Crippen molar-refractivity contribution in [2.75, 3.05) is 13.2 Å². The Morgan fingerprint density at radius 2 is 1.97 bits per heavy atom. The molecule has 38 heavy (non-hydrogen) atoms. The molecule has 0 N–H and O–H groups in total. The van der Waals surface area contributed by atoms with E-state index in [2.05, 4.69) is 27.5 Å². The largest absolute Gasteiger partial charge is 0.489 e. The average Bonchev–Trinajstić information content (AvgIpc) is 3.17. The van der Waals surface area contributed by atoms with Crippen molar-refractivity contribution in [1.82, 2.24) is 4.57 Å². The molecule has 1 atom stereocenters. The number of allylic oxidation sites excluding steroid dienone is 1. The number of hydrogen-bond acceptors (Lipinski definition) is 6. The smallest absolute Gasteiger partial charge is 0.434 e. The molecule has 1 aliphatic heterocycles. The molecule has 0 saturated heterocycles. The molecule has 2 heterocycles. The minimum Gasteiger partial charge on any atom is -0.489 e. The number of halogens is 5. The minimum absolute atomic E-state index is 0.0934. The number of esters is 1. The van der Waals surface area contributed by atoms with E-state index < -0.39 is 35.0 Å². The number of rotatable bonds is 7. The topological polar surface area (TPSA) is 69.9 Å². The first-order valence-electron chi connectivity index (χ1n) is 11.1. The predicted octanol–water partition coefficient (Wildman–Crippen LogP) is 5.32. The van der Waals surface area contributed by atoms with Crippen LogP contribution < -0.4 is 19.6 Å². The maximum atomic E-state index is 14.2. The van der Waals surface area contributed by atoms with Gasteiger partial charge in [0, 0.05) is 15.1 Å². The molecular formula is C26H19BrClF3N2O4S. The van der Waals surface area contributed by atoms with Crippen LogP contribution in [0, 0.1) is 0 Å². The summed E-state index contributed by atoms with van der Waals surface area (Å²) in [6.45, 7) is 5.13. The van der Waals surface area contributed by atoms with Crippen molar-refractivity contribution in [1.29, 1.82) is 0 Å². The van der Waals surface area contributed by atoms with Gasteiger partial charge in [0.15, 0.2) is 10.5 Å². The van der Waals surface area contributed by atoms with Gasteiger partial charge in [-0.05, 0) is 48.9 Å². The Morgan fingerprint density at radius 3 is 2.61 bits per heavy atom. The SMILES string of the molecule is C=CCOc1ccc(Br)cc1/C=c1\sc2n(c1=O)[C@@H](c1ccc(Cl)cc1)C(C(=O)OCC)=C(C(F)(F)F)N=2. The highest BCUT2D eigenvalue weighted by Crippen LogP contribution is 2.38. The van der Waals surface area contributed by atoms with Crippen molar-refractivity contribution in [3.63, 3.8) is 0 Å². The van der Waals surface area contributed by atoms with Crippen LogP contribution in [-0.2, 0) is 9.53 Å². The normalized spacial score (nSPS) is 15.6. The minimum atomic E-state index is -4.99. The van der Waals surface area contributed by atoms with Crippen molar-refractivity contribution in [2.45, 2.75) is 19.1 Å². The van der Waals surface area contributed by atoms with E-state index in [1.54, 1.807) is 24.3 Å². The molecule has 0 fully saturated rings. The number of aromatic nitrogens is 1. The van der Waals surface area contributed by atoms with Crippen LogP contribution in [0.3, 0.4) is 0 Å². The fourth-order valence-electron chi connectivity index (χ4n) is 3.85. The molecule has 1 aromatic heterocycles. The van der Waals surface area contributed by atoms with Gasteiger partial charge in [-0.2, -0.15) is 13.2 Å². The highest BCUT2D eigenvalue weighted by Gasteiger charge is 2.45. The summed E-state index contributed by atoms with van der Waals surface area (Å²) in [7, 11) is 0. The summed E-state index contributed by atoms with van der Waals surface area (Å²) in [5, 5.41) is 0.334. The Morgan fingerprint density at radius 1 is 1.26 bits per heavy atom. The third kappa shape index (κ3) is 5.64. The number of hydrogen-bond donors (Lipinski definition) is 0. The third-order valence-electron chi connectivity index (χ3n) is 5.40. The van der Waals surface area contributed by atoms with Crippen LogP contribution in [0.4, 0.5) is 13.2 Å². The number of nitrogens with zero attached hydrogens (tertiary/aromatic N) is 2. The molecule has 0 saturated carbocycles. The quantitative estimate of drug-likeness (QED) is 0.263. The third-order valence-corrected chi connectivity index (χ3v) is 7.12. The van der Waals surface area contributed by atoms with Gasteiger partial charge in [0.05, 0.1) is 22.8 Å². The Balaban J connectivity index is 2.03. The van der Waals surface area contributed by atoms with Gasteiger partial charge in [-0.3, -0.25) is 9.36 Å². The van der Waals surface area contributed by atoms with Gasteiger partial charge in [0.25, 0.3) is 5.56 Å². The number of benzene rings is 2. The lowest BCUT2D eigenvalue weighted by Crippen LogP contribution is -2.41. The number of alkyl halides is 3. The summed E-state index contributed by atoms with van der Waals surface area (Å²) in [6, 6.07) is 9.54. The van der Waals surface area contributed by atoms with Crippen LogP contribution in [0.2, 0.25) is 5.02 Å². The lowest BCUT2D eigenvalue weighted by molar-refractivity contribution is -0.140. The highest BCUT2D eigenvalue weighted by atomic mass is 79.9. The molecule has 12 heteroatoms. The molecule has 6 nitrogen and oxygen atoms in total. The number of carbonyl (C=O) groups is 1. The van der Waals surface area contributed by atoms with Gasteiger partial charge in [0.1, 0.15) is 12.4 Å². The molecule has 0 amide bonds. The van der Waals surface area contributed by atoms with Gasteiger partial charge in [-0.25, -0.2) is 9.79 Å². The van der Waals surface area contributed by atoms with Gasteiger partial charge in [0.2, 0.25) is 0 Å². The Bertz CT molecular complexity index is 1610. The van der Waals surface area contributed by atoms with E-state index in [4.69, 9.17) is 21.1 Å². The van der Waals surface area contributed by atoms with Crippen molar-refractivity contribution in [3.8, 4) is 5.75 Å². The monoisotopic (exact) mass is 626 g/mol. The van der Waals surface area contributed by atoms with E-state index in [-0.39, 0.29) is 28.1 Å². The first-order chi connectivity index (χ1) is 18.0. The first kappa shape index (κ1) is 27.9. The molecule has 4 rings (SSSR count). The van der Waals surface area contributed by atoms with Gasteiger partial charge >= 0.3 is 12.1 Å². The van der Waals surface area contributed by atoms with Crippen LogP contribution in [0.5, 0.6) is 5.75 Å². The zero-order chi connectivity index (χ0) is 27.6. The molecule has 0 aliphatic carbocycles. The fourth-order valence-corrected chi connectivity index (χ4v) is 5.35. The van der Waals surface area contributed by atoms with Crippen LogP contribution >= 0.6 is 38.9 Å². The Kier molecular flexibility index (Phi) is 8.29. The molecule has 198 valence electrons. The molecule has 2 aromatic carbocycles. The summed E-state index contributed by atoms with van der Waals surface area (Å²) in [6.07, 6.45) is -1.92. The average molecular weight is 628 g/mol. The Labute approximate surface area is 232 Å². The number of ether oxygens (including phenoxy) is 2. The lowest BCUT2D eigenvalue weighted by atomic mass is 9.95. The molecule has 0 spiro atoms. The number of carbonyl (C=O) groups excluding carboxylic acids is 1. The summed E-state index contributed by atoms with van der Waals surface area (Å²) < 4.78 is 55.1. The number of thiazole rings is 1. The second-order valence-electron chi connectivity index (χ2n) is 7.90. The zero-order valence-corrected chi connectivity index (χ0v) is 22.9.